The summed E-state index contributed by atoms with van der Waals surface area (Å²) in [5.41, 5.74) is 1.00. The zero-order chi connectivity index (χ0) is 19.1. The molecule has 3 rings (SSSR count). The van der Waals surface area contributed by atoms with Crippen LogP contribution in [0.25, 0.3) is 0 Å². The van der Waals surface area contributed by atoms with Crippen LogP contribution >= 0.6 is 0 Å². The number of nitrogens with zero attached hydrogens (tertiary/aromatic N) is 2. The first-order chi connectivity index (χ1) is 13.2. The van der Waals surface area contributed by atoms with E-state index in [-0.39, 0.29) is 23.6 Å². The Morgan fingerprint density at radius 3 is 1.85 bits per heavy atom. The van der Waals surface area contributed by atoms with Gasteiger partial charge in [0, 0.05) is 23.7 Å². The highest BCUT2D eigenvalue weighted by atomic mass is 16.2. The highest BCUT2D eigenvalue weighted by Gasteiger charge is 2.12. The minimum absolute atomic E-state index is 0.102. The average Bonchev–Trinajstić information content (AvgIpc) is 2.69. The monoisotopic (exact) mass is 361 g/mol. The first kappa shape index (κ1) is 18.1. The summed E-state index contributed by atoms with van der Waals surface area (Å²) in [5, 5.41) is 8.45. The van der Waals surface area contributed by atoms with E-state index in [9.17, 15) is 9.59 Å². The van der Waals surface area contributed by atoms with Gasteiger partial charge in [0.15, 0.2) is 0 Å². The van der Waals surface area contributed by atoms with Gasteiger partial charge in [-0.2, -0.15) is 9.97 Å². The lowest BCUT2D eigenvalue weighted by Gasteiger charge is -2.11. The standard InChI is InChI=1S/C20H19N5O2/c1-2-21-16-13-17(22-18(26)14-9-5-3-6-10-14)24-20(23-16)25-19(27)15-11-7-4-8-12-15/h3-13H,2H2,1H3,(H3,21,22,23,24,25,26,27). The van der Waals surface area contributed by atoms with Crippen molar-refractivity contribution in [2.75, 3.05) is 22.5 Å². The molecule has 0 atom stereocenters. The molecule has 7 heteroatoms. The topological polar surface area (TPSA) is 96.0 Å². The molecule has 7 nitrogen and oxygen atoms in total. The van der Waals surface area contributed by atoms with E-state index in [0.717, 1.165) is 0 Å². The predicted molar refractivity (Wildman–Crippen MR) is 105 cm³/mol. The molecule has 0 aliphatic rings. The average molecular weight is 361 g/mol. The van der Waals surface area contributed by atoms with Crippen LogP contribution in [-0.2, 0) is 0 Å². The van der Waals surface area contributed by atoms with Crippen LogP contribution in [0.2, 0.25) is 0 Å². The molecule has 27 heavy (non-hydrogen) atoms. The number of amides is 2. The van der Waals surface area contributed by atoms with E-state index in [4.69, 9.17) is 0 Å². The van der Waals surface area contributed by atoms with Gasteiger partial charge in [0.2, 0.25) is 5.95 Å². The Bertz CT molecular complexity index is 858. The van der Waals surface area contributed by atoms with Gasteiger partial charge in [-0.05, 0) is 31.2 Å². The van der Waals surface area contributed by atoms with Crippen molar-refractivity contribution < 1.29 is 9.59 Å². The van der Waals surface area contributed by atoms with Gasteiger partial charge >= 0.3 is 0 Å². The molecule has 0 unspecified atom stereocenters. The lowest BCUT2D eigenvalue weighted by molar-refractivity contribution is 0.101. The summed E-state index contributed by atoms with van der Waals surface area (Å²) in [6.07, 6.45) is 0. The second-order valence-corrected chi connectivity index (χ2v) is 5.63. The number of carbonyl (C=O) groups excluding carboxylic acids is 2. The highest BCUT2D eigenvalue weighted by Crippen LogP contribution is 2.16. The molecule has 0 spiro atoms. The summed E-state index contributed by atoms with van der Waals surface area (Å²) in [5.74, 6) is 0.268. The molecule has 0 saturated carbocycles. The zero-order valence-electron chi connectivity index (χ0n) is 14.8. The van der Waals surface area contributed by atoms with Crippen LogP contribution in [-0.4, -0.2) is 28.3 Å². The Labute approximate surface area is 156 Å². The molecule has 0 saturated heterocycles. The van der Waals surface area contributed by atoms with Crippen LogP contribution in [0.15, 0.2) is 66.7 Å². The van der Waals surface area contributed by atoms with Crippen molar-refractivity contribution in [1.29, 1.82) is 0 Å². The van der Waals surface area contributed by atoms with Gasteiger partial charge in [-0.25, -0.2) is 0 Å². The first-order valence-corrected chi connectivity index (χ1v) is 8.51. The number of carbonyl (C=O) groups is 2. The lowest BCUT2D eigenvalue weighted by Crippen LogP contribution is -2.18. The number of benzene rings is 2. The summed E-state index contributed by atoms with van der Waals surface area (Å²) >= 11 is 0. The Morgan fingerprint density at radius 1 is 0.778 bits per heavy atom. The molecule has 0 fully saturated rings. The third-order valence-corrected chi connectivity index (χ3v) is 3.62. The van der Waals surface area contributed by atoms with E-state index in [0.29, 0.717) is 23.5 Å². The number of hydrogen-bond acceptors (Lipinski definition) is 5. The molecule has 2 amide bonds. The largest absolute Gasteiger partial charge is 0.370 e. The Hall–Kier alpha value is -3.74. The van der Waals surface area contributed by atoms with Gasteiger partial charge in [-0.1, -0.05) is 36.4 Å². The second kappa shape index (κ2) is 8.57. The van der Waals surface area contributed by atoms with E-state index in [1.165, 1.54) is 0 Å². The molecule has 0 bridgehead atoms. The van der Waals surface area contributed by atoms with Crippen molar-refractivity contribution in [2.45, 2.75) is 6.92 Å². The minimum Gasteiger partial charge on any atom is -0.370 e. The van der Waals surface area contributed by atoms with Gasteiger partial charge in [-0.15, -0.1) is 0 Å². The summed E-state index contributed by atoms with van der Waals surface area (Å²) in [7, 11) is 0. The third kappa shape index (κ3) is 4.88. The van der Waals surface area contributed by atoms with Crippen LogP contribution in [0.1, 0.15) is 27.6 Å². The molecule has 3 N–H and O–H groups in total. The van der Waals surface area contributed by atoms with E-state index in [2.05, 4.69) is 25.9 Å². The van der Waals surface area contributed by atoms with Gasteiger partial charge in [-0.3, -0.25) is 14.9 Å². The van der Waals surface area contributed by atoms with Gasteiger partial charge in [0.05, 0.1) is 0 Å². The van der Waals surface area contributed by atoms with Crippen molar-refractivity contribution in [3.8, 4) is 0 Å². The summed E-state index contributed by atoms with van der Waals surface area (Å²) in [4.78, 5) is 33.2. The number of hydrogen-bond donors (Lipinski definition) is 3. The van der Waals surface area contributed by atoms with E-state index < -0.39 is 0 Å². The van der Waals surface area contributed by atoms with Crippen LogP contribution < -0.4 is 16.0 Å². The Balaban J connectivity index is 1.82. The normalized spacial score (nSPS) is 10.1. The van der Waals surface area contributed by atoms with E-state index in [1.54, 1.807) is 54.6 Å². The highest BCUT2D eigenvalue weighted by molar-refractivity contribution is 6.05. The molecule has 0 aliphatic heterocycles. The molecule has 0 radical (unpaired) electrons. The number of anilines is 3. The van der Waals surface area contributed by atoms with Gasteiger partial charge < -0.3 is 10.6 Å². The maximum Gasteiger partial charge on any atom is 0.258 e. The van der Waals surface area contributed by atoms with Crippen molar-refractivity contribution >= 4 is 29.4 Å². The van der Waals surface area contributed by atoms with Crippen molar-refractivity contribution in [2.24, 2.45) is 0 Å². The van der Waals surface area contributed by atoms with Crippen molar-refractivity contribution in [1.82, 2.24) is 9.97 Å². The summed E-state index contributed by atoms with van der Waals surface area (Å²) in [6.45, 7) is 2.56. The Morgan fingerprint density at radius 2 is 1.30 bits per heavy atom. The van der Waals surface area contributed by atoms with Crippen LogP contribution in [0.4, 0.5) is 17.6 Å². The second-order valence-electron chi connectivity index (χ2n) is 5.63. The summed E-state index contributed by atoms with van der Waals surface area (Å²) in [6, 6.07) is 19.2. The SMILES string of the molecule is CCNc1cc(NC(=O)c2ccccc2)nc(NC(=O)c2ccccc2)n1. The maximum absolute atomic E-state index is 12.4. The van der Waals surface area contributed by atoms with E-state index in [1.807, 2.05) is 19.1 Å². The number of rotatable bonds is 6. The summed E-state index contributed by atoms with van der Waals surface area (Å²) < 4.78 is 0. The predicted octanol–water partition coefficient (Wildman–Crippen LogP) is 3.41. The molecule has 3 aromatic rings. The fraction of sp³-hybridized carbons (Fsp3) is 0.100. The van der Waals surface area contributed by atoms with Gasteiger partial charge in [0.25, 0.3) is 11.8 Å². The fourth-order valence-corrected chi connectivity index (χ4v) is 2.38. The number of aromatic nitrogens is 2. The molecule has 136 valence electrons. The molecular weight excluding hydrogens is 342 g/mol. The maximum atomic E-state index is 12.4. The minimum atomic E-state index is -0.329. The van der Waals surface area contributed by atoms with E-state index >= 15 is 0 Å². The third-order valence-electron chi connectivity index (χ3n) is 3.62. The zero-order valence-corrected chi connectivity index (χ0v) is 14.8. The van der Waals surface area contributed by atoms with Crippen molar-refractivity contribution in [3.05, 3.63) is 77.9 Å². The molecular formula is C20H19N5O2. The smallest absolute Gasteiger partial charge is 0.258 e. The lowest BCUT2D eigenvalue weighted by atomic mass is 10.2. The molecule has 2 aromatic carbocycles. The van der Waals surface area contributed by atoms with Gasteiger partial charge in [0.1, 0.15) is 11.6 Å². The Kier molecular flexibility index (Phi) is 5.73. The van der Waals surface area contributed by atoms with Crippen molar-refractivity contribution in [3.63, 3.8) is 0 Å². The molecule has 0 aliphatic carbocycles. The number of nitrogens with one attached hydrogen (secondary N) is 3. The molecule has 1 aromatic heterocycles. The fourth-order valence-electron chi connectivity index (χ4n) is 2.38. The quantitative estimate of drug-likeness (QED) is 0.625. The van der Waals surface area contributed by atoms with Crippen LogP contribution in [0.5, 0.6) is 0 Å². The van der Waals surface area contributed by atoms with Crippen LogP contribution in [0.3, 0.4) is 0 Å². The molecule has 1 heterocycles. The first-order valence-electron chi connectivity index (χ1n) is 8.51. The van der Waals surface area contributed by atoms with Crippen LogP contribution in [0, 0.1) is 0 Å².